The van der Waals surface area contributed by atoms with E-state index in [0.717, 1.165) is 22.0 Å². The second-order valence-electron chi connectivity index (χ2n) is 4.56. The molecule has 2 rings (SSSR count). The zero-order chi connectivity index (χ0) is 14.0. The summed E-state index contributed by atoms with van der Waals surface area (Å²) in [5.41, 5.74) is 2.55. The maximum atomic E-state index is 11.0. The average Bonchev–Trinajstić information content (AvgIpc) is 2.38. The number of carbonyl (C=O) groups is 1. The molecule has 0 saturated carbocycles. The molecule has 0 fully saturated rings. The highest BCUT2D eigenvalue weighted by molar-refractivity contribution is 5.83. The summed E-state index contributed by atoms with van der Waals surface area (Å²) in [4.78, 5) is 15.4. The molecule has 1 heterocycles. The van der Waals surface area contributed by atoms with Gasteiger partial charge in [-0.2, -0.15) is 0 Å². The van der Waals surface area contributed by atoms with Crippen LogP contribution in [0.25, 0.3) is 10.9 Å². The molecule has 2 aromatic rings. The molecule has 0 amide bonds. The molecule has 1 aromatic heterocycles. The van der Waals surface area contributed by atoms with E-state index in [9.17, 15) is 4.79 Å². The number of ether oxygens (including phenoxy) is 1. The molecule has 0 aliphatic rings. The second-order valence-corrected chi connectivity index (χ2v) is 4.56. The van der Waals surface area contributed by atoms with Crippen molar-refractivity contribution >= 4 is 16.9 Å². The van der Waals surface area contributed by atoms with Gasteiger partial charge in [-0.3, -0.25) is 4.79 Å². The van der Waals surface area contributed by atoms with E-state index in [-0.39, 0.29) is 0 Å². The Morgan fingerprint density at radius 2 is 2.16 bits per heavy atom. The van der Waals surface area contributed by atoms with E-state index in [1.165, 1.54) is 0 Å². The van der Waals surface area contributed by atoms with Gasteiger partial charge in [0.2, 0.25) is 5.88 Å². The van der Waals surface area contributed by atoms with Crippen LogP contribution in [-0.4, -0.2) is 22.7 Å². The smallest absolute Gasteiger partial charge is 0.310 e. The van der Waals surface area contributed by atoms with Crippen LogP contribution in [0.4, 0.5) is 0 Å². The van der Waals surface area contributed by atoms with Crippen LogP contribution in [0.2, 0.25) is 0 Å². The fourth-order valence-electron chi connectivity index (χ4n) is 1.98. The highest BCUT2D eigenvalue weighted by Crippen LogP contribution is 2.25. The van der Waals surface area contributed by atoms with Crippen molar-refractivity contribution in [3.63, 3.8) is 0 Å². The molecule has 0 spiro atoms. The lowest BCUT2D eigenvalue weighted by Gasteiger charge is -2.10. The summed E-state index contributed by atoms with van der Waals surface area (Å²) >= 11 is 0. The van der Waals surface area contributed by atoms with Crippen LogP contribution in [-0.2, 0) is 4.79 Å². The van der Waals surface area contributed by atoms with Crippen molar-refractivity contribution in [2.24, 2.45) is 0 Å². The number of fused-ring (bicyclic) bond motifs is 1. The van der Waals surface area contributed by atoms with Gasteiger partial charge in [-0.05, 0) is 44.5 Å². The first-order valence-corrected chi connectivity index (χ1v) is 6.29. The average molecular weight is 259 g/mol. The summed E-state index contributed by atoms with van der Waals surface area (Å²) in [6, 6.07) is 7.50. The van der Waals surface area contributed by atoms with Crippen LogP contribution in [0, 0.1) is 6.92 Å². The lowest BCUT2D eigenvalue weighted by Crippen LogP contribution is -2.07. The minimum atomic E-state index is -0.824. The van der Waals surface area contributed by atoms with E-state index in [1.807, 2.05) is 32.0 Å². The molecule has 0 saturated heterocycles. The van der Waals surface area contributed by atoms with E-state index in [0.29, 0.717) is 12.5 Å². The third kappa shape index (κ3) is 2.67. The van der Waals surface area contributed by atoms with Gasteiger partial charge < -0.3 is 9.84 Å². The van der Waals surface area contributed by atoms with Crippen molar-refractivity contribution in [2.45, 2.75) is 26.7 Å². The third-order valence-corrected chi connectivity index (χ3v) is 3.13. The number of aromatic nitrogens is 1. The van der Waals surface area contributed by atoms with Crippen molar-refractivity contribution in [1.29, 1.82) is 0 Å². The van der Waals surface area contributed by atoms with E-state index >= 15 is 0 Å². The molecular formula is C15H17NO3. The van der Waals surface area contributed by atoms with Gasteiger partial charge in [0.15, 0.2) is 0 Å². The highest BCUT2D eigenvalue weighted by atomic mass is 16.5. The first-order valence-electron chi connectivity index (χ1n) is 6.29. The molecule has 100 valence electrons. The molecule has 4 nitrogen and oxygen atoms in total. The van der Waals surface area contributed by atoms with E-state index in [4.69, 9.17) is 9.84 Å². The first kappa shape index (κ1) is 13.3. The van der Waals surface area contributed by atoms with Crippen LogP contribution < -0.4 is 4.74 Å². The van der Waals surface area contributed by atoms with Crippen molar-refractivity contribution in [1.82, 2.24) is 4.98 Å². The predicted molar refractivity (Wildman–Crippen MR) is 73.7 cm³/mol. The molecule has 1 aromatic carbocycles. The molecule has 19 heavy (non-hydrogen) atoms. The number of carboxylic acids is 1. The number of aryl methyl sites for hydroxylation is 1. The monoisotopic (exact) mass is 259 g/mol. The Hall–Kier alpha value is -2.10. The van der Waals surface area contributed by atoms with E-state index < -0.39 is 11.9 Å². The minimum absolute atomic E-state index is 0.517. The topological polar surface area (TPSA) is 59.4 Å². The number of benzene rings is 1. The number of rotatable bonds is 4. The van der Waals surface area contributed by atoms with Crippen molar-refractivity contribution in [3.05, 3.63) is 35.4 Å². The lowest BCUT2D eigenvalue weighted by atomic mass is 9.99. The minimum Gasteiger partial charge on any atom is -0.481 e. The number of nitrogens with zero attached hydrogens (tertiary/aromatic N) is 1. The second kappa shape index (κ2) is 5.26. The molecule has 1 unspecified atom stereocenters. The highest BCUT2D eigenvalue weighted by Gasteiger charge is 2.14. The summed E-state index contributed by atoms with van der Waals surface area (Å²) in [6.45, 7) is 6.11. The third-order valence-electron chi connectivity index (χ3n) is 3.13. The maximum Gasteiger partial charge on any atom is 0.310 e. The Morgan fingerprint density at radius 1 is 1.42 bits per heavy atom. The van der Waals surface area contributed by atoms with Crippen molar-refractivity contribution in [2.75, 3.05) is 6.61 Å². The summed E-state index contributed by atoms with van der Waals surface area (Å²) in [5.74, 6) is -0.708. The molecule has 1 atom stereocenters. The maximum absolute atomic E-state index is 11.0. The van der Waals surface area contributed by atoms with Gasteiger partial charge in [-0.25, -0.2) is 4.98 Å². The number of aliphatic carboxylic acids is 1. The summed E-state index contributed by atoms with van der Waals surface area (Å²) in [5, 5.41) is 9.98. The Morgan fingerprint density at radius 3 is 2.79 bits per heavy atom. The van der Waals surface area contributed by atoms with Crippen LogP contribution in [0.3, 0.4) is 0 Å². The van der Waals surface area contributed by atoms with E-state index in [1.54, 1.807) is 13.0 Å². The normalized spacial score (nSPS) is 12.4. The SMILES string of the molecule is CCOc1nc2ccc(C(C)C(=O)O)cc2cc1C. The standard InChI is InChI=1S/C15H17NO3/c1-4-19-14-9(2)7-12-8-11(10(3)15(17)18)5-6-13(12)16-14/h5-8,10H,4H2,1-3H3,(H,17,18). The van der Waals surface area contributed by atoms with Crippen LogP contribution in [0.1, 0.15) is 30.9 Å². The van der Waals surface area contributed by atoms with Crippen molar-refractivity contribution < 1.29 is 14.6 Å². The Bertz CT molecular complexity index is 622. The predicted octanol–water partition coefficient (Wildman–Crippen LogP) is 3.13. The molecular weight excluding hydrogens is 242 g/mol. The molecule has 1 N–H and O–H groups in total. The van der Waals surface area contributed by atoms with Gasteiger partial charge in [0.1, 0.15) is 0 Å². The fraction of sp³-hybridized carbons (Fsp3) is 0.333. The molecule has 0 bridgehead atoms. The summed E-state index contributed by atoms with van der Waals surface area (Å²) in [7, 11) is 0. The van der Waals surface area contributed by atoms with Crippen molar-refractivity contribution in [3.8, 4) is 5.88 Å². The lowest BCUT2D eigenvalue weighted by molar-refractivity contribution is -0.138. The van der Waals surface area contributed by atoms with Gasteiger partial charge in [0.05, 0.1) is 18.0 Å². The molecule has 0 aliphatic carbocycles. The zero-order valence-electron chi connectivity index (χ0n) is 11.3. The largest absolute Gasteiger partial charge is 0.481 e. The van der Waals surface area contributed by atoms with Gasteiger partial charge >= 0.3 is 5.97 Å². The zero-order valence-corrected chi connectivity index (χ0v) is 11.3. The van der Waals surface area contributed by atoms with Gasteiger partial charge in [0.25, 0.3) is 0 Å². The quantitative estimate of drug-likeness (QED) is 0.916. The summed E-state index contributed by atoms with van der Waals surface area (Å²) in [6.07, 6.45) is 0. The van der Waals surface area contributed by atoms with Crippen LogP contribution in [0.5, 0.6) is 5.88 Å². The van der Waals surface area contributed by atoms with Gasteiger partial charge in [-0.1, -0.05) is 6.07 Å². The number of hydrogen-bond acceptors (Lipinski definition) is 3. The molecule has 4 heteroatoms. The molecule has 0 aliphatic heterocycles. The van der Waals surface area contributed by atoms with Crippen LogP contribution in [0.15, 0.2) is 24.3 Å². The number of carboxylic acid groups (broad SMARTS) is 1. The van der Waals surface area contributed by atoms with E-state index in [2.05, 4.69) is 4.98 Å². The first-order chi connectivity index (χ1) is 9.02. The summed E-state index contributed by atoms with van der Waals surface area (Å²) < 4.78 is 5.46. The molecule has 0 radical (unpaired) electrons. The number of pyridine rings is 1. The van der Waals surface area contributed by atoms with Gasteiger partial charge in [-0.15, -0.1) is 0 Å². The van der Waals surface area contributed by atoms with Crippen LogP contribution >= 0.6 is 0 Å². The van der Waals surface area contributed by atoms with Gasteiger partial charge in [0, 0.05) is 10.9 Å². The Labute approximate surface area is 112 Å². The number of hydrogen-bond donors (Lipinski definition) is 1. The Kier molecular flexibility index (Phi) is 3.69. The Balaban J connectivity index is 2.49. The fourth-order valence-corrected chi connectivity index (χ4v) is 1.98.